The lowest BCUT2D eigenvalue weighted by molar-refractivity contribution is 0.0835. The van der Waals surface area contributed by atoms with Gasteiger partial charge in [0.1, 0.15) is 0 Å². The van der Waals surface area contributed by atoms with E-state index in [9.17, 15) is 0 Å². The van der Waals surface area contributed by atoms with E-state index < -0.39 is 0 Å². The van der Waals surface area contributed by atoms with Crippen LogP contribution in [0.25, 0.3) is 10.9 Å². The summed E-state index contributed by atoms with van der Waals surface area (Å²) in [4.78, 5) is 0. The van der Waals surface area contributed by atoms with Crippen molar-refractivity contribution in [2.75, 3.05) is 13.2 Å². The first-order valence-electron chi connectivity index (χ1n) is 8.21. The highest BCUT2D eigenvalue weighted by atomic mass is 16.5. The van der Waals surface area contributed by atoms with E-state index in [-0.39, 0.29) is 0 Å². The Morgan fingerprint density at radius 3 is 3.05 bits per heavy atom. The summed E-state index contributed by atoms with van der Waals surface area (Å²) in [7, 11) is 0. The molecule has 3 rings (SSSR count). The van der Waals surface area contributed by atoms with Gasteiger partial charge in [-0.2, -0.15) is 0 Å². The third-order valence-corrected chi connectivity index (χ3v) is 4.59. The van der Waals surface area contributed by atoms with E-state index in [1.54, 1.807) is 0 Å². The number of para-hydroxylation sites is 1. The van der Waals surface area contributed by atoms with E-state index in [2.05, 4.69) is 54.2 Å². The highest BCUT2D eigenvalue weighted by molar-refractivity contribution is 5.83. The van der Waals surface area contributed by atoms with Crippen LogP contribution in [0.4, 0.5) is 0 Å². The summed E-state index contributed by atoms with van der Waals surface area (Å²) in [5, 5.41) is 4.97. The molecule has 0 spiro atoms. The van der Waals surface area contributed by atoms with Crippen molar-refractivity contribution >= 4 is 10.9 Å². The van der Waals surface area contributed by atoms with Gasteiger partial charge in [0.25, 0.3) is 0 Å². The first-order chi connectivity index (χ1) is 10.3. The van der Waals surface area contributed by atoms with Crippen LogP contribution >= 0.6 is 0 Å². The summed E-state index contributed by atoms with van der Waals surface area (Å²) >= 11 is 0. The molecule has 1 aliphatic rings. The van der Waals surface area contributed by atoms with Gasteiger partial charge in [0, 0.05) is 31.9 Å². The van der Waals surface area contributed by atoms with Gasteiger partial charge in [-0.1, -0.05) is 25.1 Å². The minimum absolute atomic E-state index is 0.401. The maximum absolute atomic E-state index is 5.74. The van der Waals surface area contributed by atoms with Gasteiger partial charge in [-0.3, -0.25) is 0 Å². The number of aromatic nitrogens is 1. The lowest BCUT2D eigenvalue weighted by Gasteiger charge is -2.20. The first-order valence-corrected chi connectivity index (χ1v) is 8.21. The van der Waals surface area contributed by atoms with Crippen molar-refractivity contribution in [3.63, 3.8) is 0 Å². The van der Waals surface area contributed by atoms with Gasteiger partial charge in [0.15, 0.2) is 0 Å². The highest BCUT2D eigenvalue weighted by Crippen LogP contribution is 2.21. The van der Waals surface area contributed by atoms with E-state index in [0.717, 1.165) is 26.1 Å². The molecule has 3 heteroatoms. The molecular weight excluding hydrogens is 260 g/mol. The minimum Gasteiger partial charge on any atom is -0.377 e. The Balaban J connectivity index is 1.62. The molecule has 1 aromatic carbocycles. The second-order valence-electron chi connectivity index (χ2n) is 6.01. The molecule has 0 saturated carbocycles. The molecule has 1 N–H and O–H groups in total. The van der Waals surface area contributed by atoms with Crippen LogP contribution in [-0.4, -0.2) is 29.9 Å². The van der Waals surface area contributed by atoms with E-state index in [4.69, 9.17) is 4.74 Å². The topological polar surface area (TPSA) is 26.2 Å². The number of nitrogens with zero attached hydrogens (tertiary/aromatic N) is 1. The van der Waals surface area contributed by atoms with Crippen molar-refractivity contribution in [1.29, 1.82) is 0 Å². The van der Waals surface area contributed by atoms with Crippen LogP contribution in [-0.2, 0) is 17.7 Å². The summed E-state index contributed by atoms with van der Waals surface area (Å²) < 4.78 is 8.12. The van der Waals surface area contributed by atoms with Crippen molar-refractivity contribution in [1.82, 2.24) is 9.88 Å². The van der Waals surface area contributed by atoms with E-state index >= 15 is 0 Å². The van der Waals surface area contributed by atoms with Gasteiger partial charge in [0.2, 0.25) is 0 Å². The average Bonchev–Trinajstić information content (AvgIpc) is 3.16. The van der Waals surface area contributed by atoms with E-state index in [0.29, 0.717) is 12.1 Å². The van der Waals surface area contributed by atoms with Gasteiger partial charge in [-0.25, -0.2) is 0 Å². The smallest absolute Gasteiger partial charge is 0.0726 e. The number of nitrogens with one attached hydrogen (secondary N) is 1. The molecule has 2 aromatic rings. The number of fused-ring (bicyclic) bond motifs is 1. The van der Waals surface area contributed by atoms with Crippen molar-refractivity contribution in [3.05, 3.63) is 36.0 Å². The third kappa shape index (κ3) is 3.14. The van der Waals surface area contributed by atoms with Crippen LogP contribution in [0.15, 0.2) is 30.5 Å². The number of hydrogen-bond acceptors (Lipinski definition) is 2. The van der Waals surface area contributed by atoms with E-state index in [1.807, 2.05) is 0 Å². The molecule has 1 fully saturated rings. The molecule has 21 heavy (non-hydrogen) atoms. The van der Waals surface area contributed by atoms with Crippen LogP contribution in [0.1, 0.15) is 32.3 Å². The van der Waals surface area contributed by atoms with Crippen molar-refractivity contribution in [2.24, 2.45) is 0 Å². The van der Waals surface area contributed by atoms with Crippen molar-refractivity contribution in [3.8, 4) is 0 Å². The fraction of sp³-hybridized carbons (Fsp3) is 0.556. The predicted molar refractivity (Wildman–Crippen MR) is 87.8 cm³/mol. The fourth-order valence-electron chi connectivity index (χ4n) is 3.35. The number of benzene rings is 1. The lowest BCUT2D eigenvalue weighted by Crippen LogP contribution is -2.38. The maximum Gasteiger partial charge on any atom is 0.0726 e. The standard InChI is InChI=1S/C18H26N2O/c1-3-15-6-4-7-16-9-11-20(18(15)16)12-10-19-14(2)17-8-5-13-21-17/h4,6-7,9,11,14,17,19H,3,5,8,10,12-13H2,1-2H3. The Morgan fingerprint density at radius 2 is 2.29 bits per heavy atom. The molecule has 2 atom stereocenters. The number of ether oxygens (including phenoxy) is 1. The van der Waals surface area contributed by atoms with Gasteiger partial charge in [-0.15, -0.1) is 0 Å². The highest BCUT2D eigenvalue weighted by Gasteiger charge is 2.21. The summed E-state index contributed by atoms with van der Waals surface area (Å²) in [6.07, 6.45) is 6.10. The fourth-order valence-corrected chi connectivity index (χ4v) is 3.35. The third-order valence-electron chi connectivity index (χ3n) is 4.59. The molecule has 114 valence electrons. The molecule has 1 saturated heterocycles. The van der Waals surface area contributed by atoms with Crippen molar-refractivity contribution < 1.29 is 4.74 Å². The molecule has 1 aliphatic heterocycles. The largest absolute Gasteiger partial charge is 0.377 e. The Bertz CT molecular complexity index is 584. The summed E-state index contributed by atoms with van der Waals surface area (Å²) in [6, 6.07) is 9.26. The Kier molecular flexibility index (Phi) is 4.61. The van der Waals surface area contributed by atoms with Crippen LogP contribution < -0.4 is 5.32 Å². The monoisotopic (exact) mass is 286 g/mol. The summed E-state index contributed by atoms with van der Waals surface area (Å²) in [6.45, 7) is 7.39. The average molecular weight is 286 g/mol. The molecule has 0 radical (unpaired) electrons. The maximum atomic E-state index is 5.74. The predicted octanol–water partition coefficient (Wildman–Crippen LogP) is 3.36. The van der Waals surface area contributed by atoms with Gasteiger partial charge in [-0.05, 0) is 43.2 Å². The van der Waals surface area contributed by atoms with Crippen LogP contribution in [0.3, 0.4) is 0 Å². The van der Waals surface area contributed by atoms with Crippen LogP contribution in [0.2, 0.25) is 0 Å². The Morgan fingerprint density at radius 1 is 1.38 bits per heavy atom. The zero-order valence-corrected chi connectivity index (χ0v) is 13.1. The minimum atomic E-state index is 0.401. The Hall–Kier alpha value is -1.32. The number of hydrogen-bond donors (Lipinski definition) is 1. The molecule has 0 aliphatic carbocycles. The lowest BCUT2D eigenvalue weighted by atomic mass is 10.1. The van der Waals surface area contributed by atoms with Gasteiger partial charge >= 0.3 is 0 Å². The zero-order chi connectivity index (χ0) is 14.7. The number of aryl methyl sites for hydroxylation is 1. The molecule has 0 bridgehead atoms. The molecule has 0 amide bonds. The molecule has 1 aromatic heterocycles. The molecular formula is C18H26N2O. The second-order valence-corrected chi connectivity index (χ2v) is 6.01. The number of rotatable bonds is 6. The van der Waals surface area contributed by atoms with Gasteiger partial charge < -0.3 is 14.6 Å². The SMILES string of the molecule is CCc1cccc2ccn(CCNC(C)C3CCCO3)c12. The zero-order valence-electron chi connectivity index (χ0n) is 13.1. The van der Waals surface area contributed by atoms with Crippen LogP contribution in [0.5, 0.6) is 0 Å². The normalized spacial score (nSPS) is 20.2. The van der Waals surface area contributed by atoms with Crippen LogP contribution in [0, 0.1) is 0 Å². The quantitative estimate of drug-likeness (QED) is 0.881. The van der Waals surface area contributed by atoms with Gasteiger partial charge in [0.05, 0.1) is 11.6 Å². The Labute approximate surface area is 127 Å². The second kappa shape index (κ2) is 6.63. The first kappa shape index (κ1) is 14.6. The van der Waals surface area contributed by atoms with E-state index in [1.165, 1.54) is 29.3 Å². The summed E-state index contributed by atoms with van der Waals surface area (Å²) in [5.41, 5.74) is 2.83. The summed E-state index contributed by atoms with van der Waals surface area (Å²) in [5.74, 6) is 0. The molecule has 2 unspecified atom stereocenters. The van der Waals surface area contributed by atoms with Crippen molar-refractivity contribution in [2.45, 2.75) is 51.8 Å². The molecule has 3 nitrogen and oxygen atoms in total. The molecule has 2 heterocycles.